The molecule has 1 unspecified atom stereocenters. The standard InChI is InChI=1S/C11H17N5O2P/c12-11(4-2-6-16(13)10(11)17)19(18)15-8-9-3-1-5-14-7-9/h1,3,5,7H,2,4,6,8,12-13H2,(H,15,18)/q+1/t11-/m0/s1. The second-order valence-corrected chi connectivity index (χ2v) is 6.22. The zero-order chi connectivity index (χ0) is 13.9. The average Bonchev–Trinajstić information content (AvgIpc) is 2.43. The van der Waals surface area contributed by atoms with Crippen LogP contribution in [0.25, 0.3) is 0 Å². The van der Waals surface area contributed by atoms with Crippen LogP contribution in [0.4, 0.5) is 0 Å². The number of hydrogen-bond donors (Lipinski definition) is 3. The van der Waals surface area contributed by atoms with Crippen molar-refractivity contribution in [2.75, 3.05) is 6.54 Å². The molecule has 1 aromatic rings. The molecule has 2 atom stereocenters. The first-order valence-corrected chi connectivity index (χ1v) is 7.25. The van der Waals surface area contributed by atoms with Crippen molar-refractivity contribution in [3.8, 4) is 0 Å². The highest BCUT2D eigenvalue weighted by atomic mass is 31.1. The van der Waals surface area contributed by atoms with Gasteiger partial charge in [0.05, 0.1) is 6.54 Å². The van der Waals surface area contributed by atoms with Crippen LogP contribution in [0.3, 0.4) is 0 Å². The van der Waals surface area contributed by atoms with E-state index in [1.54, 1.807) is 18.5 Å². The van der Waals surface area contributed by atoms with Crippen molar-refractivity contribution < 1.29 is 9.36 Å². The fourth-order valence-corrected chi connectivity index (χ4v) is 3.24. The van der Waals surface area contributed by atoms with Crippen molar-refractivity contribution in [2.45, 2.75) is 24.7 Å². The third-order valence-electron chi connectivity index (χ3n) is 3.10. The molecule has 0 radical (unpaired) electrons. The quantitative estimate of drug-likeness (QED) is 0.409. The van der Waals surface area contributed by atoms with E-state index in [9.17, 15) is 9.36 Å². The number of amides is 1. The first-order chi connectivity index (χ1) is 9.04. The minimum atomic E-state index is -2.09. The Morgan fingerprint density at radius 1 is 1.58 bits per heavy atom. The van der Waals surface area contributed by atoms with Gasteiger partial charge in [0.15, 0.2) is 0 Å². The fourth-order valence-electron chi connectivity index (χ4n) is 1.97. The highest BCUT2D eigenvalue weighted by molar-refractivity contribution is 7.45. The highest BCUT2D eigenvalue weighted by Gasteiger charge is 2.56. The molecule has 1 saturated heterocycles. The number of hydrogen-bond acceptors (Lipinski definition) is 5. The van der Waals surface area contributed by atoms with E-state index in [4.69, 9.17) is 11.6 Å². The van der Waals surface area contributed by atoms with Crippen molar-refractivity contribution in [2.24, 2.45) is 11.6 Å². The van der Waals surface area contributed by atoms with Gasteiger partial charge in [-0.25, -0.2) is 5.84 Å². The van der Waals surface area contributed by atoms with Crippen LogP contribution in [0, 0.1) is 0 Å². The summed E-state index contributed by atoms with van der Waals surface area (Å²) in [6.45, 7) is 0.795. The van der Waals surface area contributed by atoms with Gasteiger partial charge in [0.2, 0.25) is 0 Å². The lowest BCUT2D eigenvalue weighted by molar-refractivity contribution is -0.136. The van der Waals surface area contributed by atoms with Gasteiger partial charge in [-0.2, -0.15) is 0 Å². The second-order valence-electron chi connectivity index (χ2n) is 4.52. The molecule has 7 nitrogen and oxygen atoms in total. The topological polar surface area (TPSA) is 114 Å². The van der Waals surface area contributed by atoms with Crippen molar-refractivity contribution in [1.29, 1.82) is 0 Å². The van der Waals surface area contributed by atoms with Gasteiger partial charge >= 0.3 is 19.1 Å². The number of pyridine rings is 1. The summed E-state index contributed by atoms with van der Waals surface area (Å²) >= 11 is 0. The van der Waals surface area contributed by atoms with E-state index in [0.29, 0.717) is 25.9 Å². The Kier molecular flexibility index (Phi) is 4.21. The van der Waals surface area contributed by atoms with Crippen LogP contribution < -0.4 is 16.7 Å². The summed E-state index contributed by atoms with van der Waals surface area (Å²) in [6, 6.07) is 3.64. The molecule has 19 heavy (non-hydrogen) atoms. The molecule has 1 fully saturated rings. The molecule has 1 aromatic heterocycles. The van der Waals surface area contributed by atoms with Crippen LogP contribution in [0.2, 0.25) is 0 Å². The second kappa shape index (κ2) is 5.71. The molecule has 1 aliphatic rings. The Bertz CT molecular complexity index is 483. The molecule has 0 bridgehead atoms. The SMILES string of the molecule is NN1CCC[C@](N)([P+](=O)NCc2cccnc2)C1=O. The van der Waals surface area contributed by atoms with E-state index >= 15 is 0 Å². The molecule has 0 aromatic carbocycles. The predicted octanol–water partition coefficient (Wildman–Crippen LogP) is 0.0647. The number of aromatic nitrogens is 1. The van der Waals surface area contributed by atoms with Gasteiger partial charge < -0.3 is 0 Å². The number of rotatable bonds is 4. The van der Waals surface area contributed by atoms with Crippen LogP contribution >= 0.6 is 7.95 Å². The lowest BCUT2D eigenvalue weighted by atomic mass is 10.1. The Morgan fingerprint density at radius 3 is 3.05 bits per heavy atom. The van der Waals surface area contributed by atoms with Gasteiger partial charge in [0.1, 0.15) is 0 Å². The normalized spacial score (nSPS) is 24.4. The summed E-state index contributed by atoms with van der Waals surface area (Å²) < 4.78 is 12.2. The first-order valence-electron chi connectivity index (χ1n) is 5.99. The Hall–Kier alpha value is -1.40. The van der Waals surface area contributed by atoms with Gasteiger partial charge in [0, 0.05) is 25.4 Å². The molecule has 0 aliphatic carbocycles. The van der Waals surface area contributed by atoms with Crippen molar-refractivity contribution in [3.05, 3.63) is 30.1 Å². The average molecular weight is 282 g/mol. The lowest BCUT2D eigenvalue weighted by Crippen LogP contribution is -2.59. The number of carbonyl (C=O) groups excluding carboxylic acids is 1. The van der Waals surface area contributed by atoms with E-state index in [-0.39, 0.29) is 0 Å². The molecule has 2 heterocycles. The number of hydrazine groups is 1. The van der Waals surface area contributed by atoms with Crippen LogP contribution in [0.5, 0.6) is 0 Å². The summed E-state index contributed by atoms with van der Waals surface area (Å²) in [6.07, 6.45) is 4.34. The van der Waals surface area contributed by atoms with Gasteiger partial charge in [-0.05, 0) is 22.6 Å². The van der Waals surface area contributed by atoms with Gasteiger partial charge in [0.25, 0.3) is 0 Å². The maximum absolute atomic E-state index is 12.2. The van der Waals surface area contributed by atoms with Gasteiger partial charge in [-0.1, -0.05) is 6.07 Å². The van der Waals surface area contributed by atoms with E-state index in [1.807, 2.05) is 6.07 Å². The van der Waals surface area contributed by atoms with Crippen LogP contribution in [-0.4, -0.2) is 27.7 Å². The molecule has 1 aliphatic heterocycles. The number of carbonyl (C=O) groups is 1. The molecule has 8 heteroatoms. The van der Waals surface area contributed by atoms with E-state index in [1.165, 1.54) is 0 Å². The Balaban J connectivity index is 2.01. The molecule has 5 N–H and O–H groups in total. The van der Waals surface area contributed by atoms with E-state index in [2.05, 4.69) is 10.1 Å². The third-order valence-corrected chi connectivity index (χ3v) is 4.69. The van der Waals surface area contributed by atoms with Crippen molar-refractivity contribution >= 4 is 13.9 Å². The van der Waals surface area contributed by atoms with Crippen LogP contribution in [-0.2, 0) is 15.9 Å². The third kappa shape index (κ3) is 2.96. The largest absolute Gasteiger partial charge is 0.464 e. The highest BCUT2D eigenvalue weighted by Crippen LogP contribution is 2.38. The summed E-state index contributed by atoms with van der Waals surface area (Å²) in [5.74, 6) is 5.06. The fraction of sp³-hybridized carbons (Fsp3) is 0.455. The van der Waals surface area contributed by atoms with E-state index < -0.39 is 19.1 Å². The smallest absolute Gasteiger partial charge is 0.275 e. The summed E-state index contributed by atoms with van der Waals surface area (Å²) in [4.78, 5) is 15.9. The molecular formula is C11H17N5O2P+. The minimum absolute atomic E-state index is 0.347. The van der Waals surface area contributed by atoms with Crippen molar-refractivity contribution in [1.82, 2.24) is 15.1 Å². The van der Waals surface area contributed by atoms with E-state index in [0.717, 1.165) is 10.6 Å². The van der Waals surface area contributed by atoms with Crippen LogP contribution in [0.1, 0.15) is 18.4 Å². The lowest BCUT2D eigenvalue weighted by Gasteiger charge is -2.29. The Labute approximate surface area is 112 Å². The predicted molar refractivity (Wildman–Crippen MR) is 70.7 cm³/mol. The number of nitrogens with one attached hydrogen (secondary N) is 1. The monoisotopic (exact) mass is 282 g/mol. The zero-order valence-electron chi connectivity index (χ0n) is 10.5. The molecule has 102 valence electrons. The van der Waals surface area contributed by atoms with Crippen LogP contribution in [0.15, 0.2) is 24.5 Å². The number of piperidine rings is 1. The summed E-state index contributed by atoms with van der Waals surface area (Å²) in [5, 5.41) is 2.43. The Morgan fingerprint density at radius 2 is 2.37 bits per heavy atom. The molecule has 1 amide bonds. The molecular weight excluding hydrogens is 265 g/mol. The van der Waals surface area contributed by atoms with Crippen molar-refractivity contribution in [3.63, 3.8) is 0 Å². The maximum atomic E-state index is 12.2. The molecule has 0 spiro atoms. The van der Waals surface area contributed by atoms with Gasteiger partial charge in [-0.3, -0.25) is 20.5 Å². The summed E-state index contributed by atoms with van der Waals surface area (Å²) in [5.41, 5.74) is 6.84. The van der Waals surface area contributed by atoms with Gasteiger partial charge in [-0.15, -0.1) is 5.09 Å². The zero-order valence-corrected chi connectivity index (χ0v) is 11.3. The first kappa shape index (κ1) is 14.0. The minimum Gasteiger partial charge on any atom is -0.275 e. The molecule has 2 rings (SSSR count). The number of nitrogens with zero attached hydrogens (tertiary/aromatic N) is 2. The maximum Gasteiger partial charge on any atom is 0.464 e. The summed E-state index contributed by atoms with van der Waals surface area (Å²) in [7, 11) is -2.09. The molecule has 0 saturated carbocycles. The number of nitrogens with two attached hydrogens (primary N) is 2.